The average Bonchev–Trinajstić information content (AvgIpc) is 3.50. The summed E-state index contributed by atoms with van der Waals surface area (Å²) in [7, 11) is -0.189. The standard InChI is InChI=1S/C26H34N2O7S/c1-4-5-14-36(31,32)27(2)12-13-28-16-21(19-8-11-22-23(15-19)35-17-34-22)24(26(29)30)25(28)18-6-9-20(33-3)10-7-18/h6-11,15,21,24-25H,4-5,12-14,16-17H2,1-3H3,(H,29,30)/t21-,24-,25+/m1/s1. The van der Waals surface area contributed by atoms with Gasteiger partial charge in [0.2, 0.25) is 16.8 Å². The molecule has 9 nitrogen and oxygen atoms in total. The minimum Gasteiger partial charge on any atom is -0.497 e. The first-order valence-corrected chi connectivity index (χ1v) is 13.8. The second kappa shape index (κ2) is 11.1. The molecule has 2 aliphatic rings. The number of unbranched alkanes of at least 4 members (excludes halogenated alkanes) is 1. The van der Waals surface area contributed by atoms with E-state index in [4.69, 9.17) is 14.2 Å². The third kappa shape index (κ3) is 5.45. The highest BCUT2D eigenvalue weighted by Crippen LogP contribution is 2.47. The van der Waals surface area contributed by atoms with Crippen LogP contribution in [0.15, 0.2) is 42.5 Å². The summed E-state index contributed by atoms with van der Waals surface area (Å²) in [5, 5.41) is 10.4. The van der Waals surface area contributed by atoms with Gasteiger partial charge < -0.3 is 19.3 Å². The van der Waals surface area contributed by atoms with Crippen molar-refractivity contribution < 1.29 is 32.5 Å². The van der Waals surface area contributed by atoms with Crippen LogP contribution in [0.2, 0.25) is 0 Å². The molecular formula is C26H34N2O7S. The fourth-order valence-corrected chi connectivity index (χ4v) is 6.36. The second-order valence-corrected chi connectivity index (χ2v) is 11.5. The van der Waals surface area contributed by atoms with Gasteiger partial charge in [-0.1, -0.05) is 31.5 Å². The maximum absolute atomic E-state index is 12.7. The number of carbonyl (C=O) groups is 1. The number of hydrogen-bond acceptors (Lipinski definition) is 7. The van der Waals surface area contributed by atoms with E-state index in [1.165, 1.54) is 4.31 Å². The molecule has 0 bridgehead atoms. The Morgan fingerprint density at radius 2 is 1.83 bits per heavy atom. The summed E-state index contributed by atoms with van der Waals surface area (Å²) in [4.78, 5) is 14.8. The third-order valence-electron chi connectivity index (χ3n) is 7.10. The first-order chi connectivity index (χ1) is 17.2. The van der Waals surface area contributed by atoms with Crippen LogP contribution in [-0.4, -0.2) is 75.0 Å². The first-order valence-electron chi connectivity index (χ1n) is 12.2. The van der Waals surface area contributed by atoms with E-state index >= 15 is 0 Å². The van der Waals surface area contributed by atoms with Crippen molar-refractivity contribution in [3.8, 4) is 17.2 Å². The fraction of sp³-hybridized carbons (Fsp3) is 0.500. The van der Waals surface area contributed by atoms with E-state index in [1.807, 2.05) is 49.4 Å². The molecule has 0 amide bonds. The number of carboxylic acids is 1. The molecular weight excluding hydrogens is 484 g/mol. The predicted molar refractivity (Wildman–Crippen MR) is 135 cm³/mol. The van der Waals surface area contributed by atoms with E-state index in [0.717, 1.165) is 17.5 Å². The average molecular weight is 519 g/mol. The van der Waals surface area contributed by atoms with Crippen LogP contribution < -0.4 is 14.2 Å². The molecule has 4 rings (SSSR count). The number of likely N-dealkylation sites (N-methyl/N-ethyl adjacent to an activating group) is 1. The molecule has 3 atom stereocenters. The maximum Gasteiger partial charge on any atom is 0.309 e. The lowest BCUT2D eigenvalue weighted by Gasteiger charge is -2.29. The predicted octanol–water partition coefficient (Wildman–Crippen LogP) is 3.33. The Bertz CT molecular complexity index is 1170. The maximum atomic E-state index is 12.7. The molecule has 2 aromatic carbocycles. The van der Waals surface area contributed by atoms with Crippen LogP contribution in [0.1, 0.15) is 42.9 Å². The Morgan fingerprint density at radius 3 is 2.50 bits per heavy atom. The van der Waals surface area contributed by atoms with Crippen LogP contribution >= 0.6 is 0 Å². The Labute approximate surface area is 212 Å². The van der Waals surface area contributed by atoms with Crippen molar-refractivity contribution >= 4 is 16.0 Å². The zero-order chi connectivity index (χ0) is 25.9. The van der Waals surface area contributed by atoms with Gasteiger partial charge in [-0.3, -0.25) is 9.69 Å². The van der Waals surface area contributed by atoms with Crippen molar-refractivity contribution in [1.82, 2.24) is 9.21 Å². The number of fused-ring (bicyclic) bond motifs is 1. The molecule has 10 heteroatoms. The van der Waals surface area contributed by atoms with E-state index in [1.54, 1.807) is 14.2 Å². The SMILES string of the molecule is CCCCS(=O)(=O)N(C)CCN1C[C@H](c2ccc3c(c2)OCO3)[C@@H](C(=O)O)[C@@H]1c1ccc(OC)cc1. The Morgan fingerprint density at radius 1 is 1.14 bits per heavy atom. The van der Waals surface area contributed by atoms with Gasteiger partial charge in [0.15, 0.2) is 11.5 Å². The number of sulfonamides is 1. The van der Waals surface area contributed by atoms with Gasteiger partial charge in [0, 0.05) is 38.6 Å². The number of ether oxygens (including phenoxy) is 3. The smallest absolute Gasteiger partial charge is 0.309 e. The summed E-state index contributed by atoms with van der Waals surface area (Å²) >= 11 is 0. The Balaban J connectivity index is 1.64. The quantitative estimate of drug-likeness (QED) is 0.483. The third-order valence-corrected chi connectivity index (χ3v) is 9.04. The van der Waals surface area contributed by atoms with Crippen LogP contribution in [0.4, 0.5) is 0 Å². The van der Waals surface area contributed by atoms with E-state index < -0.39 is 28.0 Å². The Hall–Kier alpha value is -2.82. The zero-order valence-electron chi connectivity index (χ0n) is 20.9. The van der Waals surface area contributed by atoms with E-state index in [-0.39, 0.29) is 25.0 Å². The number of carboxylic acid groups (broad SMARTS) is 1. The molecule has 0 aliphatic carbocycles. The van der Waals surface area contributed by atoms with Crippen LogP contribution in [0.3, 0.4) is 0 Å². The van der Waals surface area contributed by atoms with Gasteiger partial charge in [-0.15, -0.1) is 0 Å². The number of likely N-dealkylation sites (tertiary alicyclic amines) is 1. The molecule has 0 aromatic heterocycles. The summed E-state index contributed by atoms with van der Waals surface area (Å²) in [5.74, 6) is 0.101. The molecule has 36 heavy (non-hydrogen) atoms. The summed E-state index contributed by atoms with van der Waals surface area (Å²) in [6.07, 6.45) is 1.41. The summed E-state index contributed by atoms with van der Waals surface area (Å²) < 4.78 is 42.9. The normalized spacial score (nSPS) is 21.7. The molecule has 2 aliphatic heterocycles. The highest BCUT2D eigenvalue weighted by Gasteiger charge is 2.47. The lowest BCUT2D eigenvalue weighted by molar-refractivity contribution is -0.143. The van der Waals surface area contributed by atoms with Crippen LogP contribution in [-0.2, 0) is 14.8 Å². The molecule has 0 spiro atoms. The van der Waals surface area contributed by atoms with Crippen LogP contribution in [0.5, 0.6) is 17.2 Å². The minimum absolute atomic E-state index is 0.111. The summed E-state index contributed by atoms with van der Waals surface area (Å²) in [5.41, 5.74) is 1.71. The van der Waals surface area contributed by atoms with Crippen molar-refractivity contribution in [2.45, 2.75) is 31.7 Å². The van der Waals surface area contributed by atoms with E-state index in [2.05, 4.69) is 4.90 Å². The van der Waals surface area contributed by atoms with Crippen molar-refractivity contribution in [3.63, 3.8) is 0 Å². The molecule has 2 heterocycles. The van der Waals surface area contributed by atoms with Gasteiger partial charge in [0.05, 0.1) is 18.8 Å². The molecule has 0 saturated carbocycles. The van der Waals surface area contributed by atoms with Crippen LogP contribution in [0, 0.1) is 5.92 Å². The lowest BCUT2D eigenvalue weighted by atomic mass is 9.82. The molecule has 0 unspecified atom stereocenters. The number of hydrogen-bond donors (Lipinski definition) is 1. The number of aliphatic carboxylic acids is 1. The number of rotatable bonds is 11. The van der Waals surface area contributed by atoms with E-state index in [9.17, 15) is 18.3 Å². The Kier molecular flexibility index (Phi) is 8.07. The molecule has 2 aromatic rings. The number of nitrogens with zero attached hydrogens (tertiary/aromatic N) is 2. The molecule has 0 radical (unpaired) electrons. The number of methoxy groups -OCH3 is 1. The fourth-order valence-electron chi connectivity index (χ4n) is 5.03. The molecule has 196 valence electrons. The highest BCUT2D eigenvalue weighted by atomic mass is 32.2. The molecule has 1 N–H and O–H groups in total. The summed E-state index contributed by atoms with van der Waals surface area (Å²) in [6, 6.07) is 12.5. The van der Waals surface area contributed by atoms with Crippen molar-refractivity contribution in [1.29, 1.82) is 0 Å². The van der Waals surface area contributed by atoms with Crippen LogP contribution in [0.25, 0.3) is 0 Å². The second-order valence-electron chi connectivity index (χ2n) is 9.29. The van der Waals surface area contributed by atoms with Crippen molar-refractivity contribution in [2.75, 3.05) is 46.3 Å². The molecule has 1 saturated heterocycles. The molecule has 1 fully saturated rings. The highest BCUT2D eigenvalue weighted by molar-refractivity contribution is 7.89. The minimum atomic E-state index is -3.36. The number of benzene rings is 2. The first kappa shape index (κ1) is 26.2. The zero-order valence-corrected chi connectivity index (χ0v) is 21.7. The largest absolute Gasteiger partial charge is 0.497 e. The monoisotopic (exact) mass is 518 g/mol. The topological polar surface area (TPSA) is 106 Å². The van der Waals surface area contributed by atoms with Crippen molar-refractivity contribution in [2.24, 2.45) is 5.92 Å². The van der Waals surface area contributed by atoms with Gasteiger partial charge >= 0.3 is 5.97 Å². The van der Waals surface area contributed by atoms with Gasteiger partial charge in [-0.2, -0.15) is 0 Å². The summed E-state index contributed by atoms with van der Waals surface area (Å²) in [6.45, 7) is 3.26. The lowest BCUT2D eigenvalue weighted by Crippen LogP contribution is -2.38. The van der Waals surface area contributed by atoms with Gasteiger partial charge in [-0.05, 0) is 41.8 Å². The van der Waals surface area contributed by atoms with E-state index in [0.29, 0.717) is 36.8 Å². The van der Waals surface area contributed by atoms with Gasteiger partial charge in [0.25, 0.3) is 0 Å². The van der Waals surface area contributed by atoms with Gasteiger partial charge in [-0.25, -0.2) is 12.7 Å². The van der Waals surface area contributed by atoms with Gasteiger partial charge in [0.1, 0.15) is 5.75 Å². The van der Waals surface area contributed by atoms with Crippen molar-refractivity contribution in [3.05, 3.63) is 53.6 Å².